The molecule has 22 heavy (non-hydrogen) atoms. The number of likely N-dealkylation sites (N-methyl/N-ethyl adjacent to an activating group) is 1. The van der Waals surface area contributed by atoms with E-state index >= 15 is 0 Å². The zero-order chi connectivity index (χ0) is 16.7. The Labute approximate surface area is 128 Å². The number of amides is 2. The standard InChI is InChI=1S/C15H21F2N3O2/c1-11(21)20(14-5-4-12(16)10-13(14)17)8-6-15(22)18-7-9-19(2)3/h4-5,10H,6-9H2,1-3H3,(H,18,22). The summed E-state index contributed by atoms with van der Waals surface area (Å²) < 4.78 is 26.7. The van der Waals surface area contributed by atoms with Crippen molar-refractivity contribution in [3.05, 3.63) is 29.8 Å². The second-order valence-corrected chi connectivity index (χ2v) is 5.17. The Morgan fingerprint density at radius 3 is 2.41 bits per heavy atom. The Kier molecular flexibility index (Phi) is 6.91. The summed E-state index contributed by atoms with van der Waals surface area (Å²) in [7, 11) is 3.78. The number of halogens is 2. The summed E-state index contributed by atoms with van der Waals surface area (Å²) in [6.45, 7) is 2.50. The first-order chi connectivity index (χ1) is 10.3. The summed E-state index contributed by atoms with van der Waals surface area (Å²) in [5.41, 5.74) is -0.0324. The highest BCUT2D eigenvalue weighted by molar-refractivity contribution is 5.92. The molecule has 1 aromatic carbocycles. The number of hydrogen-bond donors (Lipinski definition) is 1. The fourth-order valence-corrected chi connectivity index (χ4v) is 1.87. The van der Waals surface area contributed by atoms with Gasteiger partial charge in [0, 0.05) is 39.0 Å². The smallest absolute Gasteiger partial charge is 0.223 e. The van der Waals surface area contributed by atoms with Gasteiger partial charge in [-0.1, -0.05) is 0 Å². The maximum absolute atomic E-state index is 13.7. The minimum Gasteiger partial charge on any atom is -0.355 e. The van der Waals surface area contributed by atoms with Gasteiger partial charge < -0.3 is 15.1 Å². The van der Waals surface area contributed by atoms with E-state index in [1.54, 1.807) is 0 Å². The first kappa shape index (κ1) is 18.0. The van der Waals surface area contributed by atoms with E-state index in [0.29, 0.717) is 19.2 Å². The molecule has 122 valence electrons. The topological polar surface area (TPSA) is 52.7 Å². The summed E-state index contributed by atoms with van der Waals surface area (Å²) in [4.78, 5) is 26.4. The van der Waals surface area contributed by atoms with Crippen LogP contribution in [-0.4, -0.2) is 50.4 Å². The molecule has 2 amide bonds. The number of carbonyl (C=O) groups is 2. The van der Waals surface area contributed by atoms with Crippen molar-refractivity contribution >= 4 is 17.5 Å². The molecule has 1 aromatic rings. The summed E-state index contributed by atoms with van der Waals surface area (Å²) in [6, 6.07) is 2.98. The highest BCUT2D eigenvalue weighted by atomic mass is 19.1. The number of nitrogens with zero attached hydrogens (tertiary/aromatic N) is 2. The Morgan fingerprint density at radius 1 is 1.18 bits per heavy atom. The predicted octanol–water partition coefficient (Wildman–Crippen LogP) is 1.39. The van der Waals surface area contributed by atoms with Crippen molar-refractivity contribution < 1.29 is 18.4 Å². The molecule has 1 N–H and O–H groups in total. The van der Waals surface area contributed by atoms with Gasteiger partial charge >= 0.3 is 0 Å². The lowest BCUT2D eigenvalue weighted by molar-refractivity contribution is -0.121. The Morgan fingerprint density at radius 2 is 1.86 bits per heavy atom. The second-order valence-electron chi connectivity index (χ2n) is 5.17. The maximum atomic E-state index is 13.7. The minimum atomic E-state index is -0.830. The highest BCUT2D eigenvalue weighted by Crippen LogP contribution is 2.20. The first-order valence-electron chi connectivity index (χ1n) is 6.96. The number of benzene rings is 1. The van der Waals surface area contributed by atoms with Crippen LogP contribution in [0.1, 0.15) is 13.3 Å². The molecule has 0 bridgehead atoms. The van der Waals surface area contributed by atoms with Crippen molar-refractivity contribution in [2.24, 2.45) is 0 Å². The van der Waals surface area contributed by atoms with E-state index < -0.39 is 17.5 Å². The van der Waals surface area contributed by atoms with Crippen LogP contribution in [0.5, 0.6) is 0 Å². The number of anilines is 1. The quantitative estimate of drug-likeness (QED) is 0.827. The lowest BCUT2D eigenvalue weighted by Crippen LogP contribution is -2.36. The van der Waals surface area contributed by atoms with Gasteiger partial charge in [0.2, 0.25) is 11.8 Å². The third kappa shape index (κ3) is 5.77. The molecule has 5 nitrogen and oxygen atoms in total. The van der Waals surface area contributed by atoms with Gasteiger partial charge in [0.05, 0.1) is 5.69 Å². The SMILES string of the molecule is CC(=O)N(CCC(=O)NCCN(C)C)c1ccc(F)cc1F. The zero-order valence-electron chi connectivity index (χ0n) is 13.0. The fraction of sp³-hybridized carbons (Fsp3) is 0.467. The van der Waals surface area contributed by atoms with E-state index in [0.717, 1.165) is 11.0 Å². The van der Waals surface area contributed by atoms with Crippen LogP contribution >= 0.6 is 0 Å². The monoisotopic (exact) mass is 313 g/mol. The largest absolute Gasteiger partial charge is 0.355 e. The molecule has 0 spiro atoms. The van der Waals surface area contributed by atoms with Crippen LogP contribution < -0.4 is 10.2 Å². The summed E-state index contributed by atoms with van der Waals surface area (Å²) in [5.74, 6) is -2.18. The van der Waals surface area contributed by atoms with Crippen LogP contribution in [0.3, 0.4) is 0 Å². The molecule has 7 heteroatoms. The summed E-state index contributed by atoms with van der Waals surface area (Å²) >= 11 is 0. The van der Waals surface area contributed by atoms with Crippen molar-refractivity contribution in [1.29, 1.82) is 0 Å². The van der Waals surface area contributed by atoms with Crippen molar-refractivity contribution in [3.63, 3.8) is 0 Å². The van der Waals surface area contributed by atoms with Crippen molar-refractivity contribution in [2.45, 2.75) is 13.3 Å². The Hall–Kier alpha value is -2.02. The molecule has 0 aliphatic heterocycles. The molecular weight excluding hydrogens is 292 g/mol. The molecule has 0 atom stereocenters. The Balaban J connectivity index is 2.62. The molecule has 0 aromatic heterocycles. The average Bonchev–Trinajstić information content (AvgIpc) is 2.40. The third-order valence-corrected chi connectivity index (χ3v) is 3.02. The van der Waals surface area contributed by atoms with Gasteiger partial charge in [0.25, 0.3) is 0 Å². The molecule has 0 aliphatic rings. The molecular formula is C15H21F2N3O2. The predicted molar refractivity (Wildman–Crippen MR) is 80.6 cm³/mol. The van der Waals surface area contributed by atoms with Gasteiger partial charge in [0.15, 0.2) is 0 Å². The summed E-state index contributed by atoms with van der Waals surface area (Å²) in [6.07, 6.45) is 0.0455. The van der Waals surface area contributed by atoms with Gasteiger partial charge in [-0.3, -0.25) is 9.59 Å². The minimum absolute atomic E-state index is 0.0324. The number of nitrogens with one attached hydrogen (secondary N) is 1. The molecule has 0 heterocycles. The summed E-state index contributed by atoms with van der Waals surface area (Å²) in [5, 5.41) is 2.71. The molecule has 0 radical (unpaired) electrons. The van der Waals surface area contributed by atoms with E-state index in [9.17, 15) is 18.4 Å². The maximum Gasteiger partial charge on any atom is 0.223 e. The molecule has 0 saturated heterocycles. The van der Waals surface area contributed by atoms with Crippen LogP contribution in [0.15, 0.2) is 18.2 Å². The van der Waals surface area contributed by atoms with Crippen molar-refractivity contribution in [3.8, 4) is 0 Å². The van der Waals surface area contributed by atoms with Gasteiger partial charge in [-0.2, -0.15) is 0 Å². The Bertz CT molecular complexity index is 536. The van der Waals surface area contributed by atoms with E-state index in [-0.39, 0.29) is 24.6 Å². The lowest BCUT2D eigenvalue weighted by atomic mass is 10.2. The van der Waals surface area contributed by atoms with Crippen LogP contribution in [0.4, 0.5) is 14.5 Å². The third-order valence-electron chi connectivity index (χ3n) is 3.02. The van der Waals surface area contributed by atoms with Gasteiger partial charge in [0.1, 0.15) is 11.6 Å². The number of hydrogen-bond acceptors (Lipinski definition) is 3. The highest BCUT2D eigenvalue weighted by Gasteiger charge is 2.17. The van der Waals surface area contributed by atoms with E-state index in [1.807, 2.05) is 19.0 Å². The van der Waals surface area contributed by atoms with Crippen molar-refractivity contribution in [1.82, 2.24) is 10.2 Å². The normalized spacial score (nSPS) is 10.6. The number of carbonyl (C=O) groups excluding carboxylic acids is 2. The van der Waals surface area contributed by atoms with E-state index in [1.165, 1.54) is 13.0 Å². The van der Waals surface area contributed by atoms with Crippen molar-refractivity contribution in [2.75, 3.05) is 38.6 Å². The van der Waals surface area contributed by atoms with Crippen LogP contribution in [0, 0.1) is 11.6 Å². The molecule has 0 aliphatic carbocycles. The average molecular weight is 313 g/mol. The zero-order valence-corrected chi connectivity index (χ0v) is 13.0. The van der Waals surface area contributed by atoms with E-state index in [4.69, 9.17) is 0 Å². The first-order valence-corrected chi connectivity index (χ1v) is 6.96. The molecule has 0 unspecified atom stereocenters. The lowest BCUT2D eigenvalue weighted by Gasteiger charge is -2.21. The molecule has 0 fully saturated rings. The fourth-order valence-electron chi connectivity index (χ4n) is 1.87. The van der Waals surface area contributed by atoms with Gasteiger partial charge in [-0.25, -0.2) is 8.78 Å². The van der Waals surface area contributed by atoms with Gasteiger partial charge in [-0.05, 0) is 26.2 Å². The van der Waals surface area contributed by atoms with Crippen LogP contribution in [0.2, 0.25) is 0 Å². The van der Waals surface area contributed by atoms with Crippen LogP contribution in [0.25, 0.3) is 0 Å². The second kappa shape index (κ2) is 8.43. The molecule has 0 saturated carbocycles. The molecule has 1 rings (SSSR count). The number of rotatable bonds is 7. The van der Waals surface area contributed by atoms with Gasteiger partial charge in [-0.15, -0.1) is 0 Å². The van der Waals surface area contributed by atoms with E-state index in [2.05, 4.69) is 5.32 Å². The van der Waals surface area contributed by atoms with Crippen LogP contribution in [-0.2, 0) is 9.59 Å².